The maximum absolute atomic E-state index is 11.5. The Morgan fingerprint density at radius 2 is 1.64 bits per heavy atom. The summed E-state index contributed by atoms with van der Waals surface area (Å²) < 4.78 is 7.75. The van der Waals surface area contributed by atoms with E-state index in [1.807, 2.05) is 55.0 Å². The highest BCUT2D eigenvalue weighted by atomic mass is 16.5. The number of likely N-dealkylation sites (tertiary alicyclic amines) is 1. The molecule has 33 heavy (non-hydrogen) atoms. The Bertz CT molecular complexity index is 1240. The zero-order chi connectivity index (χ0) is 22.6. The second-order valence-electron chi connectivity index (χ2n) is 8.58. The largest absolute Gasteiger partial charge is 0.492 e. The third-order valence-electron chi connectivity index (χ3n) is 6.27. The number of carbonyl (C=O) groups is 1. The molecule has 1 fully saturated rings. The van der Waals surface area contributed by atoms with Gasteiger partial charge in [0.1, 0.15) is 12.4 Å². The van der Waals surface area contributed by atoms with Crippen molar-refractivity contribution >= 4 is 11.4 Å². The predicted molar refractivity (Wildman–Crippen MR) is 130 cm³/mol. The summed E-state index contributed by atoms with van der Waals surface area (Å²) in [6.07, 6.45) is 9.63. The van der Waals surface area contributed by atoms with E-state index in [0.717, 1.165) is 46.8 Å². The normalized spacial score (nSPS) is 14.5. The first-order valence-electron chi connectivity index (χ1n) is 11.6. The van der Waals surface area contributed by atoms with Gasteiger partial charge in [-0.15, -0.1) is 0 Å². The van der Waals surface area contributed by atoms with Gasteiger partial charge < -0.3 is 4.74 Å². The Hall–Kier alpha value is -3.51. The fourth-order valence-electron chi connectivity index (χ4n) is 4.33. The van der Waals surface area contributed by atoms with E-state index in [9.17, 15) is 4.79 Å². The molecule has 0 aliphatic carbocycles. The second kappa shape index (κ2) is 9.55. The summed E-state index contributed by atoms with van der Waals surface area (Å²) in [5.74, 6) is 0.947. The van der Waals surface area contributed by atoms with Gasteiger partial charge in [-0.2, -0.15) is 5.10 Å². The number of carbonyl (C=O) groups excluding carboxylic acids is 1. The van der Waals surface area contributed by atoms with Gasteiger partial charge in [0, 0.05) is 35.6 Å². The van der Waals surface area contributed by atoms with Gasteiger partial charge in [0.25, 0.3) is 0 Å². The number of aromatic nitrogens is 3. The molecule has 0 spiro atoms. The molecule has 1 saturated heterocycles. The zero-order valence-corrected chi connectivity index (χ0v) is 18.9. The number of Topliss-reactive ketones (excluding diaryl/α,β-unsaturated/α-hetero) is 1. The highest BCUT2D eigenvalue weighted by molar-refractivity contribution is 5.94. The lowest BCUT2D eigenvalue weighted by atomic mass is 10.0. The third-order valence-corrected chi connectivity index (χ3v) is 6.27. The third kappa shape index (κ3) is 4.81. The van der Waals surface area contributed by atoms with Crippen LogP contribution in [0.5, 0.6) is 5.75 Å². The Kier molecular flexibility index (Phi) is 6.17. The van der Waals surface area contributed by atoms with E-state index < -0.39 is 0 Å². The number of fused-ring (bicyclic) bond motifs is 1. The minimum absolute atomic E-state index is 0.0580. The van der Waals surface area contributed by atoms with E-state index in [2.05, 4.69) is 27.1 Å². The van der Waals surface area contributed by atoms with Gasteiger partial charge in [0.15, 0.2) is 11.4 Å². The summed E-state index contributed by atoms with van der Waals surface area (Å²) in [4.78, 5) is 18.7. The molecule has 0 amide bonds. The summed E-state index contributed by atoms with van der Waals surface area (Å²) in [5, 5.41) is 4.50. The van der Waals surface area contributed by atoms with Crippen molar-refractivity contribution in [2.45, 2.75) is 26.2 Å². The van der Waals surface area contributed by atoms with Crippen LogP contribution in [-0.2, 0) is 0 Å². The highest BCUT2D eigenvalue weighted by Gasteiger charge is 2.11. The van der Waals surface area contributed by atoms with Crippen LogP contribution in [0.4, 0.5) is 0 Å². The van der Waals surface area contributed by atoms with E-state index in [4.69, 9.17) is 4.74 Å². The Morgan fingerprint density at radius 1 is 0.909 bits per heavy atom. The first-order valence-corrected chi connectivity index (χ1v) is 11.6. The van der Waals surface area contributed by atoms with Crippen LogP contribution in [0.2, 0.25) is 0 Å². The molecule has 2 aromatic carbocycles. The average Bonchev–Trinajstić information content (AvgIpc) is 3.28. The number of benzene rings is 2. The molecule has 2 aromatic heterocycles. The van der Waals surface area contributed by atoms with Gasteiger partial charge in [-0.1, -0.05) is 42.8 Å². The predicted octanol–water partition coefficient (Wildman–Crippen LogP) is 5.13. The topological polar surface area (TPSA) is 59.7 Å². The molecule has 4 aromatic rings. The van der Waals surface area contributed by atoms with E-state index in [1.54, 1.807) is 11.4 Å². The smallest absolute Gasteiger partial charge is 0.162 e. The van der Waals surface area contributed by atoms with E-state index in [1.165, 1.54) is 32.4 Å². The lowest BCUT2D eigenvalue weighted by molar-refractivity contribution is 0.101. The number of hydrogen-bond acceptors (Lipinski definition) is 5. The van der Waals surface area contributed by atoms with Crippen LogP contribution in [0.25, 0.3) is 27.9 Å². The van der Waals surface area contributed by atoms with Crippen LogP contribution in [-0.4, -0.2) is 51.5 Å². The minimum atomic E-state index is 0.0580. The van der Waals surface area contributed by atoms with Crippen LogP contribution in [0.15, 0.2) is 67.1 Å². The standard InChI is InChI=1S/C27H28N4O2/c1-20(32)21-5-7-23(8-6-21)26-18-29-31-19-24(17-28-27(26)31)22-9-11-25(12-10-22)33-16-15-30-13-3-2-4-14-30/h5-12,17-19H,2-4,13-16H2,1H3. The van der Waals surface area contributed by atoms with Gasteiger partial charge in [-0.25, -0.2) is 9.50 Å². The molecule has 0 unspecified atom stereocenters. The second-order valence-corrected chi connectivity index (χ2v) is 8.58. The van der Waals surface area contributed by atoms with Gasteiger partial charge >= 0.3 is 0 Å². The fourth-order valence-corrected chi connectivity index (χ4v) is 4.33. The van der Waals surface area contributed by atoms with Crippen molar-refractivity contribution in [2.24, 2.45) is 0 Å². The molecule has 6 nitrogen and oxygen atoms in total. The van der Waals surface area contributed by atoms with Crippen molar-refractivity contribution in [1.82, 2.24) is 19.5 Å². The lowest BCUT2D eigenvalue weighted by Gasteiger charge is -2.26. The molecule has 6 heteroatoms. The van der Waals surface area contributed by atoms with E-state index >= 15 is 0 Å². The molecule has 1 aliphatic heterocycles. The number of ketones is 1. The maximum Gasteiger partial charge on any atom is 0.162 e. The molecular weight excluding hydrogens is 412 g/mol. The van der Waals surface area contributed by atoms with Crippen LogP contribution in [0.3, 0.4) is 0 Å². The molecule has 5 rings (SSSR count). The minimum Gasteiger partial charge on any atom is -0.492 e. The molecule has 3 heterocycles. The summed E-state index contributed by atoms with van der Waals surface area (Å²) in [6.45, 7) is 5.66. The highest BCUT2D eigenvalue weighted by Crippen LogP contribution is 2.27. The first-order chi connectivity index (χ1) is 16.2. The summed E-state index contributed by atoms with van der Waals surface area (Å²) in [7, 11) is 0. The van der Waals surface area contributed by atoms with Gasteiger partial charge in [0.2, 0.25) is 0 Å². The monoisotopic (exact) mass is 440 g/mol. The molecule has 0 bridgehead atoms. The van der Waals surface area contributed by atoms with Gasteiger partial charge in [-0.05, 0) is 56.1 Å². The first kappa shape index (κ1) is 21.3. The zero-order valence-electron chi connectivity index (χ0n) is 18.9. The molecule has 0 saturated carbocycles. The number of nitrogens with zero attached hydrogens (tertiary/aromatic N) is 4. The van der Waals surface area contributed by atoms with Gasteiger partial charge in [0.05, 0.1) is 6.20 Å². The lowest BCUT2D eigenvalue weighted by Crippen LogP contribution is -2.33. The molecule has 1 aliphatic rings. The molecule has 0 radical (unpaired) electrons. The molecule has 0 N–H and O–H groups in total. The average molecular weight is 441 g/mol. The maximum atomic E-state index is 11.5. The van der Waals surface area contributed by atoms with Crippen molar-refractivity contribution in [3.63, 3.8) is 0 Å². The quantitative estimate of drug-likeness (QED) is 0.373. The summed E-state index contributed by atoms with van der Waals surface area (Å²) in [6, 6.07) is 15.7. The van der Waals surface area contributed by atoms with Crippen LogP contribution in [0, 0.1) is 0 Å². The van der Waals surface area contributed by atoms with Crippen molar-refractivity contribution in [3.05, 3.63) is 72.7 Å². The van der Waals surface area contributed by atoms with Crippen LogP contribution >= 0.6 is 0 Å². The number of ether oxygens (including phenoxy) is 1. The number of hydrogen-bond donors (Lipinski definition) is 0. The summed E-state index contributed by atoms with van der Waals surface area (Å²) >= 11 is 0. The molecule has 0 atom stereocenters. The fraction of sp³-hybridized carbons (Fsp3) is 0.296. The SMILES string of the molecule is CC(=O)c1ccc(-c2cnn3cc(-c4ccc(OCCN5CCCCC5)cc4)cnc23)cc1. The number of piperidine rings is 1. The van der Waals surface area contributed by atoms with Crippen molar-refractivity contribution < 1.29 is 9.53 Å². The number of rotatable bonds is 7. The van der Waals surface area contributed by atoms with Crippen molar-refractivity contribution in [1.29, 1.82) is 0 Å². The Morgan fingerprint density at radius 3 is 2.36 bits per heavy atom. The molecular formula is C27H28N4O2. The van der Waals surface area contributed by atoms with Crippen molar-refractivity contribution in [3.8, 4) is 28.0 Å². The van der Waals surface area contributed by atoms with Crippen LogP contribution in [0.1, 0.15) is 36.5 Å². The molecule has 168 valence electrons. The van der Waals surface area contributed by atoms with E-state index in [-0.39, 0.29) is 5.78 Å². The van der Waals surface area contributed by atoms with E-state index in [0.29, 0.717) is 5.56 Å². The Labute approximate surface area is 193 Å². The van der Waals surface area contributed by atoms with Gasteiger partial charge in [-0.3, -0.25) is 9.69 Å². The Balaban J connectivity index is 1.27. The van der Waals surface area contributed by atoms with Crippen molar-refractivity contribution in [2.75, 3.05) is 26.2 Å². The summed E-state index contributed by atoms with van der Waals surface area (Å²) in [5.41, 5.74) is 5.46. The van der Waals surface area contributed by atoms with Crippen LogP contribution < -0.4 is 4.74 Å².